The lowest BCUT2D eigenvalue weighted by Crippen LogP contribution is -2.38. The van der Waals surface area contributed by atoms with Gasteiger partial charge < -0.3 is 16.4 Å². The van der Waals surface area contributed by atoms with E-state index in [0.29, 0.717) is 31.6 Å². The van der Waals surface area contributed by atoms with E-state index < -0.39 is 5.41 Å². The number of rotatable bonds is 2. The van der Waals surface area contributed by atoms with Crippen LogP contribution in [0.15, 0.2) is 11.4 Å². The first-order valence-electron chi connectivity index (χ1n) is 6.33. The van der Waals surface area contributed by atoms with E-state index in [1.807, 2.05) is 0 Å². The molecule has 0 saturated carbocycles. The lowest BCUT2D eigenvalue weighted by atomic mass is 9.89. The second-order valence-electron chi connectivity index (χ2n) is 5.11. The van der Waals surface area contributed by atoms with Crippen molar-refractivity contribution in [3.8, 4) is 11.8 Å². The van der Waals surface area contributed by atoms with Gasteiger partial charge in [-0.3, -0.25) is 9.59 Å². The molecule has 0 radical (unpaired) electrons. The largest absolute Gasteiger partial charge is 0.369 e. The maximum Gasteiger partial charge on any atom is 0.254 e. The van der Waals surface area contributed by atoms with Crippen LogP contribution in [-0.2, 0) is 4.79 Å². The average molecular weight is 291 g/mol. The van der Waals surface area contributed by atoms with E-state index in [4.69, 9.17) is 11.5 Å². The normalized spacial score (nSPS) is 21.4. The van der Waals surface area contributed by atoms with Crippen molar-refractivity contribution in [2.75, 3.05) is 19.6 Å². The molecule has 106 valence electrons. The summed E-state index contributed by atoms with van der Waals surface area (Å²) in [7, 11) is 0. The first kappa shape index (κ1) is 14.6. The standard InChI is InChI=1S/C14H17N3O2S/c1-14(13(16)19)4-6-17(9-14)12(18)10-7-11(20-8-10)3-2-5-15/h7-8H,4-6,9,15H2,1H3,(H2,16,19). The van der Waals surface area contributed by atoms with E-state index in [0.717, 1.165) is 4.88 Å². The highest BCUT2D eigenvalue weighted by Crippen LogP contribution is 2.30. The quantitative estimate of drug-likeness (QED) is 0.773. The van der Waals surface area contributed by atoms with Gasteiger partial charge in [-0.05, 0) is 19.4 Å². The van der Waals surface area contributed by atoms with Crippen molar-refractivity contribution in [1.29, 1.82) is 0 Å². The van der Waals surface area contributed by atoms with Gasteiger partial charge in [0.1, 0.15) is 0 Å². The van der Waals surface area contributed by atoms with Crippen LogP contribution in [0.5, 0.6) is 0 Å². The van der Waals surface area contributed by atoms with E-state index in [1.165, 1.54) is 11.3 Å². The highest BCUT2D eigenvalue weighted by atomic mass is 32.1. The summed E-state index contributed by atoms with van der Waals surface area (Å²) in [5.41, 5.74) is 10.7. The predicted molar refractivity (Wildman–Crippen MR) is 78.1 cm³/mol. The number of hydrogen-bond donors (Lipinski definition) is 2. The third-order valence-corrected chi connectivity index (χ3v) is 4.36. The number of nitrogens with zero attached hydrogens (tertiary/aromatic N) is 1. The fourth-order valence-corrected chi connectivity index (χ4v) is 2.92. The predicted octanol–water partition coefficient (Wildman–Crippen LogP) is 0.396. The van der Waals surface area contributed by atoms with E-state index in [1.54, 1.807) is 23.3 Å². The van der Waals surface area contributed by atoms with Gasteiger partial charge in [0, 0.05) is 18.5 Å². The lowest BCUT2D eigenvalue weighted by molar-refractivity contribution is -0.126. The van der Waals surface area contributed by atoms with Crippen LogP contribution in [0.1, 0.15) is 28.6 Å². The fraction of sp³-hybridized carbons (Fsp3) is 0.429. The summed E-state index contributed by atoms with van der Waals surface area (Å²) in [4.78, 5) is 26.2. The van der Waals surface area contributed by atoms with Gasteiger partial charge in [-0.25, -0.2) is 0 Å². The van der Waals surface area contributed by atoms with Crippen LogP contribution in [-0.4, -0.2) is 36.3 Å². The van der Waals surface area contributed by atoms with Gasteiger partial charge in [-0.15, -0.1) is 11.3 Å². The number of amides is 2. The molecule has 0 spiro atoms. The molecule has 1 unspecified atom stereocenters. The second-order valence-corrected chi connectivity index (χ2v) is 6.02. The molecular formula is C14H17N3O2S. The number of primary amides is 1. The molecule has 6 heteroatoms. The molecule has 0 aliphatic carbocycles. The van der Waals surface area contributed by atoms with Gasteiger partial charge in [-0.2, -0.15) is 0 Å². The summed E-state index contributed by atoms with van der Waals surface area (Å²) in [6.45, 7) is 3.03. The van der Waals surface area contributed by atoms with Crippen LogP contribution in [0.25, 0.3) is 0 Å². The minimum atomic E-state index is -0.617. The van der Waals surface area contributed by atoms with Crippen LogP contribution in [0.3, 0.4) is 0 Å². The van der Waals surface area contributed by atoms with E-state index in [9.17, 15) is 9.59 Å². The van der Waals surface area contributed by atoms with Gasteiger partial charge in [0.15, 0.2) is 0 Å². The first-order valence-corrected chi connectivity index (χ1v) is 7.21. The maximum absolute atomic E-state index is 12.4. The Morgan fingerprint density at radius 1 is 1.55 bits per heavy atom. The Labute approximate surface area is 121 Å². The fourth-order valence-electron chi connectivity index (χ4n) is 2.17. The number of hydrogen-bond acceptors (Lipinski definition) is 4. The van der Waals surface area contributed by atoms with Gasteiger partial charge in [0.2, 0.25) is 5.91 Å². The summed E-state index contributed by atoms with van der Waals surface area (Å²) >= 11 is 1.41. The minimum absolute atomic E-state index is 0.0768. The van der Waals surface area contributed by atoms with Crippen molar-refractivity contribution in [3.05, 3.63) is 21.9 Å². The van der Waals surface area contributed by atoms with Crippen molar-refractivity contribution in [2.45, 2.75) is 13.3 Å². The zero-order chi connectivity index (χ0) is 14.8. The number of carbonyl (C=O) groups is 2. The smallest absolute Gasteiger partial charge is 0.254 e. The molecule has 2 heterocycles. The van der Waals surface area contributed by atoms with Gasteiger partial charge in [0.25, 0.3) is 5.91 Å². The molecule has 5 nitrogen and oxygen atoms in total. The summed E-state index contributed by atoms with van der Waals surface area (Å²) in [6.07, 6.45) is 0.609. The Balaban J connectivity index is 2.09. The summed E-state index contributed by atoms with van der Waals surface area (Å²) < 4.78 is 0. The molecule has 2 rings (SSSR count). The molecule has 1 aromatic rings. The molecular weight excluding hydrogens is 274 g/mol. The number of nitrogens with two attached hydrogens (primary N) is 2. The molecule has 1 aliphatic heterocycles. The monoisotopic (exact) mass is 291 g/mol. The van der Waals surface area contributed by atoms with Crippen LogP contribution < -0.4 is 11.5 Å². The average Bonchev–Trinajstić information content (AvgIpc) is 3.03. The van der Waals surface area contributed by atoms with Crippen molar-refractivity contribution >= 4 is 23.2 Å². The Morgan fingerprint density at radius 3 is 2.90 bits per heavy atom. The van der Waals surface area contributed by atoms with Crippen molar-refractivity contribution in [3.63, 3.8) is 0 Å². The maximum atomic E-state index is 12.4. The highest BCUT2D eigenvalue weighted by molar-refractivity contribution is 7.10. The zero-order valence-electron chi connectivity index (χ0n) is 11.3. The molecule has 0 aromatic carbocycles. The Bertz CT molecular complexity index is 599. The molecule has 1 aromatic heterocycles. The molecule has 20 heavy (non-hydrogen) atoms. The lowest BCUT2D eigenvalue weighted by Gasteiger charge is -2.20. The molecule has 1 saturated heterocycles. The topological polar surface area (TPSA) is 89.4 Å². The van der Waals surface area contributed by atoms with E-state index in [-0.39, 0.29) is 11.8 Å². The number of likely N-dealkylation sites (tertiary alicyclic amines) is 1. The molecule has 4 N–H and O–H groups in total. The summed E-state index contributed by atoms with van der Waals surface area (Å²) in [5.74, 6) is 5.23. The van der Waals surface area contributed by atoms with Gasteiger partial charge in [-0.1, -0.05) is 11.8 Å². The summed E-state index contributed by atoms with van der Waals surface area (Å²) in [6, 6.07) is 1.76. The van der Waals surface area contributed by atoms with Crippen molar-refractivity contribution in [2.24, 2.45) is 16.9 Å². The number of thiophene rings is 1. The van der Waals surface area contributed by atoms with Crippen molar-refractivity contribution < 1.29 is 9.59 Å². The molecule has 1 aliphatic rings. The third kappa shape index (κ3) is 2.84. The van der Waals surface area contributed by atoms with Gasteiger partial charge in [0.05, 0.1) is 22.4 Å². The number of carbonyl (C=O) groups excluding carboxylic acids is 2. The summed E-state index contributed by atoms with van der Waals surface area (Å²) in [5, 5.41) is 1.78. The van der Waals surface area contributed by atoms with Crippen LogP contribution in [0, 0.1) is 17.3 Å². The molecule has 2 amide bonds. The SMILES string of the molecule is CC1(C(N)=O)CCN(C(=O)c2csc(C#CCN)c2)C1. The van der Waals surface area contributed by atoms with Crippen molar-refractivity contribution in [1.82, 2.24) is 4.90 Å². The van der Waals surface area contributed by atoms with Crippen LogP contribution in [0.2, 0.25) is 0 Å². The van der Waals surface area contributed by atoms with Crippen LogP contribution >= 0.6 is 11.3 Å². The Hall–Kier alpha value is -1.84. The zero-order valence-corrected chi connectivity index (χ0v) is 12.1. The minimum Gasteiger partial charge on any atom is -0.369 e. The molecule has 0 bridgehead atoms. The Kier molecular flexibility index (Phi) is 4.12. The van der Waals surface area contributed by atoms with Crippen LogP contribution in [0.4, 0.5) is 0 Å². The molecule has 1 fully saturated rings. The van der Waals surface area contributed by atoms with E-state index >= 15 is 0 Å². The first-order chi connectivity index (χ1) is 9.46. The van der Waals surface area contributed by atoms with E-state index in [2.05, 4.69) is 11.8 Å². The second kappa shape index (κ2) is 5.65. The molecule has 1 atom stereocenters. The Morgan fingerprint density at radius 2 is 2.30 bits per heavy atom. The highest BCUT2D eigenvalue weighted by Gasteiger charge is 2.40. The van der Waals surface area contributed by atoms with Gasteiger partial charge >= 0.3 is 0 Å². The third-order valence-electron chi connectivity index (χ3n) is 3.52.